The second-order valence-electron chi connectivity index (χ2n) is 7.95. The second-order valence-corrected chi connectivity index (χ2v) is 7.95. The number of hydrogen-bond acceptors (Lipinski definition) is 5. The molecule has 11 heteroatoms. The van der Waals surface area contributed by atoms with Gasteiger partial charge >= 0.3 is 6.03 Å². The molecule has 1 N–H and O–H groups in total. The van der Waals surface area contributed by atoms with Crippen molar-refractivity contribution in [3.63, 3.8) is 0 Å². The van der Waals surface area contributed by atoms with E-state index in [-0.39, 0.29) is 18.8 Å². The molecule has 3 aromatic rings. The Morgan fingerprint density at radius 1 is 1.12 bits per heavy atom. The topological polar surface area (TPSA) is 86.7 Å². The number of nitrogens with one attached hydrogen (secondary N) is 1. The second kappa shape index (κ2) is 8.23. The summed E-state index contributed by atoms with van der Waals surface area (Å²) < 4.78 is 47.3. The number of aromatic amines is 1. The molecule has 1 fully saturated rings. The van der Waals surface area contributed by atoms with Gasteiger partial charge in [-0.25, -0.2) is 23.0 Å². The molecule has 2 aromatic heterocycles. The number of aromatic nitrogens is 3. The first kappa shape index (κ1) is 21.0. The van der Waals surface area contributed by atoms with E-state index < -0.39 is 35.6 Å². The summed E-state index contributed by atoms with van der Waals surface area (Å²) in [6.45, 7) is 2.29. The van der Waals surface area contributed by atoms with Crippen molar-refractivity contribution in [2.45, 2.75) is 25.5 Å². The molecule has 1 aromatic carbocycles. The Morgan fingerprint density at radius 2 is 1.88 bits per heavy atom. The first-order chi connectivity index (χ1) is 15.9. The maximum atomic E-state index is 14.3. The van der Waals surface area contributed by atoms with E-state index in [1.807, 2.05) is 6.92 Å². The zero-order valence-electron chi connectivity index (χ0n) is 17.5. The summed E-state index contributed by atoms with van der Waals surface area (Å²) in [5.41, 5.74) is 2.34. The summed E-state index contributed by atoms with van der Waals surface area (Å²) in [5.74, 6) is -2.02. The van der Waals surface area contributed by atoms with E-state index in [0.717, 1.165) is 17.8 Å². The smallest absolute Gasteiger partial charge is 0.341 e. The number of nitrogens with zero attached hydrogens (tertiary/aromatic N) is 5. The highest BCUT2D eigenvalue weighted by molar-refractivity contribution is 5.79. The van der Waals surface area contributed by atoms with Gasteiger partial charge in [0.25, 0.3) is 0 Å². The van der Waals surface area contributed by atoms with Crippen LogP contribution < -0.4 is 4.74 Å². The van der Waals surface area contributed by atoms with E-state index in [4.69, 9.17) is 4.74 Å². The van der Waals surface area contributed by atoms with E-state index in [9.17, 15) is 18.0 Å². The lowest BCUT2D eigenvalue weighted by Crippen LogP contribution is -2.58. The molecule has 8 nitrogen and oxygen atoms in total. The summed E-state index contributed by atoms with van der Waals surface area (Å²) in [6.07, 6.45) is 4.18. The quantitative estimate of drug-likeness (QED) is 0.647. The molecule has 1 saturated heterocycles. The van der Waals surface area contributed by atoms with Crippen LogP contribution in [0.2, 0.25) is 0 Å². The van der Waals surface area contributed by atoms with Gasteiger partial charge in [0.2, 0.25) is 0 Å². The number of hydrogen-bond donors (Lipinski definition) is 1. The average molecular weight is 456 g/mol. The van der Waals surface area contributed by atoms with Crippen LogP contribution in [-0.2, 0) is 0 Å². The fraction of sp³-hybridized carbons (Fsp3) is 0.273. The third-order valence-corrected chi connectivity index (χ3v) is 5.61. The molecule has 2 amide bonds. The van der Waals surface area contributed by atoms with Crippen LogP contribution in [0.3, 0.4) is 0 Å². The molecule has 4 heterocycles. The zero-order chi connectivity index (χ0) is 23.1. The lowest BCUT2D eigenvalue weighted by molar-refractivity contribution is 0.0256. The van der Waals surface area contributed by atoms with Gasteiger partial charge in [-0.05, 0) is 30.2 Å². The predicted octanol–water partition coefficient (Wildman–Crippen LogP) is 3.81. The number of hydrazone groups is 1. The van der Waals surface area contributed by atoms with Crippen molar-refractivity contribution in [1.29, 1.82) is 0 Å². The standard InChI is InChI=1S/C22H19F3N6O2/c1-12-8-27-29-21(12)18-7-20(17(25)9-26-18)33-16-10-30(11-16)22(32)31-19(2-3-28-31)13-4-14(23)6-15(24)5-13/h3-9,16,19H,2,10-11H2,1H3,(H,27,29). The predicted molar refractivity (Wildman–Crippen MR) is 112 cm³/mol. The molecule has 0 aliphatic carbocycles. The fourth-order valence-electron chi connectivity index (χ4n) is 3.89. The van der Waals surface area contributed by atoms with E-state index in [0.29, 0.717) is 23.4 Å². The number of rotatable bonds is 4. The molecule has 0 radical (unpaired) electrons. The molecular formula is C22H19F3N6O2. The molecule has 0 spiro atoms. The van der Waals surface area contributed by atoms with Crippen molar-refractivity contribution in [3.05, 3.63) is 65.2 Å². The normalized spacial score (nSPS) is 18.0. The molecule has 2 aliphatic rings. The number of benzene rings is 1. The van der Waals surface area contributed by atoms with E-state index in [1.54, 1.807) is 6.20 Å². The molecular weight excluding hydrogens is 437 g/mol. The number of urea groups is 1. The van der Waals surface area contributed by atoms with Crippen LogP contribution >= 0.6 is 0 Å². The van der Waals surface area contributed by atoms with Gasteiger partial charge in [0.1, 0.15) is 17.7 Å². The van der Waals surface area contributed by atoms with Gasteiger partial charge in [0.05, 0.1) is 42.9 Å². The molecule has 1 unspecified atom stereocenters. The van der Waals surface area contributed by atoms with Gasteiger partial charge in [-0.2, -0.15) is 10.2 Å². The van der Waals surface area contributed by atoms with Crippen molar-refractivity contribution < 1.29 is 22.7 Å². The number of H-pyrrole nitrogens is 1. The van der Waals surface area contributed by atoms with Gasteiger partial charge in [-0.3, -0.25) is 10.1 Å². The minimum Gasteiger partial charge on any atom is -0.483 e. The molecule has 0 bridgehead atoms. The third kappa shape index (κ3) is 4.01. The highest BCUT2D eigenvalue weighted by Gasteiger charge is 2.39. The van der Waals surface area contributed by atoms with Gasteiger partial charge < -0.3 is 9.64 Å². The van der Waals surface area contributed by atoms with Crippen molar-refractivity contribution in [2.75, 3.05) is 13.1 Å². The minimum atomic E-state index is -0.717. The maximum absolute atomic E-state index is 14.3. The first-order valence-corrected chi connectivity index (χ1v) is 10.3. The van der Waals surface area contributed by atoms with Crippen LogP contribution in [0, 0.1) is 24.4 Å². The van der Waals surface area contributed by atoms with Gasteiger partial charge in [-0.1, -0.05) is 0 Å². The summed E-state index contributed by atoms with van der Waals surface area (Å²) in [4.78, 5) is 18.4. The van der Waals surface area contributed by atoms with Crippen LogP contribution in [0.1, 0.15) is 23.6 Å². The number of ether oxygens (including phenoxy) is 1. The van der Waals surface area contributed by atoms with Crippen LogP contribution in [0.5, 0.6) is 5.75 Å². The molecule has 33 heavy (non-hydrogen) atoms. The molecule has 0 saturated carbocycles. The lowest BCUT2D eigenvalue weighted by Gasteiger charge is -2.41. The molecule has 2 aliphatic heterocycles. The Kier molecular flexibility index (Phi) is 5.23. The Balaban J connectivity index is 1.24. The number of carbonyl (C=O) groups is 1. The van der Waals surface area contributed by atoms with Gasteiger partial charge in [-0.15, -0.1) is 0 Å². The van der Waals surface area contributed by atoms with E-state index >= 15 is 0 Å². The number of aryl methyl sites for hydroxylation is 1. The van der Waals surface area contributed by atoms with Crippen molar-refractivity contribution >= 4 is 12.2 Å². The van der Waals surface area contributed by atoms with E-state index in [1.165, 1.54) is 34.3 Å². The fourth-order valence-corrected chi connectivity index (χ4v) is 3.89. The maximum Gasteiger partial charge on any atom is 0.341 e. The minimum absolute atomic E-state index is 0.0263. The zero-order valence-corrected chi connectivity index (χ0v) is 17.5. The summed E-state index contributed by atoms with van der Waals surface area (Å²) in [6, 6.07) is 3.63. The summed E-state index contributed by atoms with van der Waals surface area (Å²) >= 11 is 0. The molecule has 1 atom stereocenters. The summed E-state index contributed by atoms with van der Waals surface area (Å²) in [7, 11) is 0. The molecule has 170 valence electrons. The van der Waals surface area contributed by atoms with Gasteiger partial charge in [0.15, 0.2) is 11.6 Å². The van der Waals surface area contributed by atoms with Crippen molar-refractivity contribution in [2.24, 2.45) is 5.10 Å². The van der Waals surface area contributed by atoms with Gasteiger partial charge in [0, 0.05) is 24.8 Å². The van der Waals surface area contributed by atoms with Crippen LogP contribution in [0.15, 0.2) is 41.8 Å². The van der Waals surface area contributed by atoms with Crippen LogP contribution in [0.25, 0.3) is 11.4 Å². The number of likely N-dealkylation sites (tertiary alicyclic amines) is 1. The Hall–Kier alpha value is -3.89. The Morgan fingerprint density at radius 3 is 2.58 bits per heavy atom. The average Bonchev–Trinajstić information content (AvgIpc) is 3.39. The molecule has 5 rings (SSSR count). The van der Waals surface area contributed by atoms with E-state index in [2.05, 4.69) is 20.3 Å². The number of pyridine rings is 1. The monoisotopic (exact) mass is 456 g/mol. The lowest BCUT2D eigenvalue weighted by atomic mass is 10.0. The first-order valence-electron chi connectivity index (χ1n) is 10.3. The number of amides is 2. The largest absolute Gasteiger partial charge is 0.483 e. The Bertz CT molecular complexity index is 1220. The Labute approximate surface area is 186 Å². The third-order valence-electron chi connectivity index (χ3n) is 5.61. The summed E-state index contributed by atoms with van der Waals surface area (Å²) in [5, 5.41) is 12.0. The number of carbonyl (C=O) groups excluding carboxylic acids is 1. The van der Waals surface area contributed by atoms with Crippen molar-refractivity contribution in [3.8, 4) is 17.1 Å². The highest BCUT2D eigenvalue weighted by atomic mass is 19.1. The SMILES string of the molecule is Cc1cn[nH]c1-c1cc(OC2CN(C(=O)N3N=CCC3c3cc(F)cc(F)c3)C2)c(F)cn1. The van der Waals surface area contributed by atoms with Crippen molar-refractivity contribution in [1.82, 2.24) is 25.1 Å². The highest BCUT2D eigenvalue weighted by Crippen LogP contribution is 2.32. The van der Waals surface area contributed by atoms with Crippen LogP contribution in [0.4, 0.5) is 18.0 Å². The van der Waals surface area contributed by atoms with Crippen LogP contribution in [-0.4, -0.2) is 56.5 Å². The number of halogens is 3.